The molecule has 8 heteroatoms. The predicted molar refractivity (Wildman–Crippen MR) is 95.7 cm³/mol. The minimum atomic E-state index is -0.198. The Balaban J connectivity index is 1.62. The van der Waals surface area contributed by atoms with Gasteiger partial charge in [0, 0.05) is 30.1 Å². The first kappa shape index (κ1) is 15.4. The fraction of sp³-hybridized carbons (Fsp3) is 0.118. The van der Waals surface area contributed by atoms with Crippen molar-refractivity contribution in [3.05, 3.63) is 60.2 Å². The quantitative estimate of drug-likeness (QED) is 0.611. The maximum atomic E-state index is 12.3. The number of benzene rings is 1. The smallest absolute Gasteiger partial charge is 0.257 e. The summed E-state index contributed by atoms with van der Waals surface area (Å²) in [6, 6.07) is 11.0. The minimum Gasteiger partial charge on any atom is -0.322 e. The molecule has 0 unspecified atom stereocenters. The SMILES string of the molecule is CCc1nnc2sc(-c3cccc(NC(=O)c4cccnc4)c3)nn12. The highest BCUT2D eigenvalue weighted by molar-refractivity contribution is 7.19. The van der Waals surface area contributed by atoms with Crippen LogP contribution in [0.25, 0.3) is 15.5 Å². The highest BCUT2D eigenvalue weighted by Crippen LogP contribution is 2.27. The van der Waals surface area contributed by atoms with Crippen LogP contribution < -0.4 is 5.32 Å². The van der Waals surface area contributed by atoms with Crippen LogP contribution >= 0.6 is 11.3 Å². The predicted octanol–water partition coefficient (Wildman–Crippen LogP) is 3.06. The molecular weight excluding hydrogens is 336 g/mol. The van der Waals surface area contributed by atoms with Crippen LogP contribution in [-0.4, -0.2) is 30.7 Å². The van der Waals surface area contributed by atoms with Gasteiger partial charge in [-0.1, -0.05) is 30.4 Å². The number of aryl methyl sites for hydroxylation is 1. The summed E-state index contributed by atoms with van der Waals surface area (Å²) < 4.78 is 1.76. The first-order valence-electron chi connectivity index (χ1n) is 7.77. The number of anilines is 1. The Bertz CT molecular complexity index is 1040. The van der Waals surface area contributed by atoms with Crippen molar-refractivity contribution in [2.24, 2.45) is 0 Å². The van der Waals surface area contributed by atoms with E-state index in [0.29, 0.717) is 11.3 Å². The molecule has 0 bridgehead atoms. The molecule has 0 saturated carbocycles. The summed E-state index contributed by atoms with van der Waals surface area (Å²) >= 11 is 1.47. The van der Waals surface area contributed by atoms with E-state index in [-0.39, 0.29) is 5.91 Å². The summed E-state index contributed by atoms with van der Waals surface area (Å²) in [6.07, 6.45) is 3.94. The highest BCUT2D eigenvalue weighted by atomic mass is 32.1. The molecule has 124 valence electrons. The third kappa shape index (κ3) is 2.99. The molecular formula is C17H14N6OS. The van der Waals surface area contributed by atoms with Crippen molar-refractivity contribution in [1.29, 1.82) is 0 Å². The Hall–Kier alpha value is -3.13. The van der Waals surface area contributed by atoms with Crippen LogP contribution in [0, 0.1) is 0 Å². The molecule has 0 aliphatic rings. The molecule has 7 nitrogen and oxygen atoms in total. The molecule has 4 rings (SSSR count). The zero-order chi connectivity index (χ0) is 17.2. The second-order valence-electron chi connectivity index (χ2n) is 5.35. The van der Waals surface area contributed by atoms with E-state index >= 15 is 0 Å². The molecule has 4 aromatic rings. The van der Waals surface area contributed by atoms with E-state index in [0.717, 1.165) is 27.8 Å². The molecule has 0 radical (unpaired) electrons. The maximum absolute atomic E-state index is 12.3. The van der Waals surface area contributed by atoms with Crippen LogP contribution in [0.15, 0.2) is 48.8 Å². The Labute approximate surface area is 147 Å². The van der Waals surface area contributed by atoms with Crippen molar-refractivity contribution in [3.8, 4) is 10.6 Å². The molecule has 3 heterocycles. The molecule has 0 fully saturated rings. The summed E-state index contributed by atoms with van der Waals surface area (Å²) in [5.74, 6) is 0.634. The lowest BCUT2D eigenvalue weighted by molar-refractivity contribution is 0.102. The fourth-order valence-corrected chi connectivity index (χ4v) is 3.28. The molecule has 1 N–H and O–H groups in total. The van der Waals surface area contributed by atoms with Gasteiger partial charge in [0.25, 0.3) is 5.91 Å². The van der Waals surface area contributed by atoms with Crippen LogP contribution in [0.5, 0.6) is 0 Å². The third-order valence-corrected chi connectivity index (χ3v) is 4.61. The number of hydrogen-bond acceptors (Lipinski definition) is 6. The van der Waals surface area contributed by atoms with Gasteiger partial charge in [0.15, 0.2) is 5.82 Å². The molecule has 3 aromatic heterocycles. The second-order valence-corrected chi connectivity index (χ2v) is 6.30. The number of aromatic nitrogens is 5. The van der Waals surface area contributed by atoms with Crippen molar-refractivity contribution in [1.82, 2.24) is 24.8 Å². The largest absolute Gasteiger partial charge is 0.322 e. The number of hydrogen-bond donors (Lipinski definition) is 1. The number of carbonyl (C=O) groups excluding carboxylic acids is 1. The van der Waals surface area contributed by atoms with Gasteiger partial charge in [0.05, 0.1) is 5.56 Å². The summed E-state index contributed by atoms with van der Waals surface area (Å²) in [4.78, 5) is 17.0. The molecule has 1 aromatic carbocycles. The van der Waals surface area contributed by atoms with Gasteiger partial charge in [0.2, 0.25) is 4.96 Å². The van der Waals surface area contributed by atoms with Crippen LogP contribution in [0.3, 0.4) is 0 Å². The lowest BCUT2D eigenvalue weighted by Crippen LogP contribution is -2.11. The van der Waals surface area contributed by atoms with E-state index in [1.165, 1.54) is 17.5 Å². The number of pyridine rings is 1. The van der Waals surface area contributed by atoms with Crippen LogP contribution in [-0.2, 0) is 6.42 Å². The van der Waals surface area contributed by atoms with Gasteiger partial charge < -0.3 is 5.32 Å². The number of carbonyl (C=O) groups is 1. The molecule has 0 aliphatic heterocycles. The fourth-order valence-electron chi connectivity index (χ4n) is 2.42. The van der Waals surface area contributed by atoms with Gasteiger partial charge in [-0.05, 0) is 24.3 Å². The van der Waals surface area contributed by atoms with Crippen LogP contribution in [0.2, 0.25) is 0 Å². The minimum absolute atomic E-state index is 0.198. The molecule has 1 amide bonds. The zero-order valence-electron chi connectivity index (χ0n) is 13.4. The van der Waals surface area contributed by atoms with Crippen LogP contribution in [0.4, 0.5) is 5.69 Å². The summed E-state index contributed by atoms with van der Waals surface area (Å²) in [6.45, 7) is 2.02. The van der Waals surface area contributed by atoms with Crippen molar-refractivity contribution in [2.45, 2.75) is 13.3 Å². The average molecular weight is 350 g/mol. The maximum Gasteiger partial charge on any atom is 0.257 e. The number of rotatable bonds is 4. The van der Waals surface area contributed by atoms with E-state index in [2.05, 4.69) is 25.6 Å². The Morgan fingerprint density at radius 1 is 1.24 bits per heavy atom. The van der Waals surface area contributed by atoms with Gasteiger partial charge in [0.1, 0.15) is 5.01 Å². The standard InChI is InChI=1S/C17H14N6OS/c1-2-14-20-21-17-23(14)22-16(25-17)11-5-3-7-13(9-11)19-15(24)12-6-4-8-18-10-12/h3-10H,2H2,1H3,(H,19,24). The van der Waals surface area contributed by atoms with Crippen LogP contribution in [0.1, 0.15) is 23.1 Å². The van der Waals surface area contributed by atoms with Gasteiger partial charge in [-0.15, -0.1) is 10.2 Å². The number of fused-ring (bicyclic) bond motifs is 1. The van der Waals surface area contributed by atoms with Gasteiger partial charge in [-0.3, -0.25) is 9.78 Å². The lowest BCUT2D eigenvalue weighted by atomic mass is 10.2. The molecule has 0 aliphatic carbocycles. The second kappa shape index (κ2) is 6.40. The molecule has 0 spiro atoms. The molecule has 0 atom stereocenters. The van der Waals surface area contributed by atoms with Crippen molar-refractivity contribution >= 4 is 27.9 Å². The monoisotopic (exact) mass is 350 g/mol. The number of nitrogens with zero attached hydrogens (tertiary/aromatic N) is 5. The third-order valence-electron chi connectivity index (χ3n) is 3.66. The molecule has 25 heavy (non-hydrogen) atoms. The number of amides is 1. The Kier molecular flexibility index (Phi) is 3.95. The Morgan fingerprint density at radius 2 is 2.16 bits per heavy atom. The van der Waals surface area contributed by atoms with E-state index in [9.17, 15) is 4.79 Å². The topological polar surface area (TPSA) is 85.1 Å². The zero-order valence-corrected chi connectivity index (χ0v) is 14.2. The highest BCUT2D eigenvalue weighted by Gasteiger charge is 2.13. The Morgan fingerprint density at radius 3 is 2.96 bits per heavy atom. The van der Waals surface area contributed by atoms with Gasteiger partial charge >= 0.3 is 0 Å². The van der Waals surface area contributed by atoms with Crippen molar-refractivity contribution in [3.63, 3.8) is 0 Å². The van der Waals surface area contributed by atoms with E-state index < -0.39 is 0 Å². The van der Waals surface area contributed by atoms with Crippen molar-refractivity contribution < 1.29 is 4.79 Å². The van der Waals surface area contributed by atoms with Crippen molar-refractivity contribution in [2.75, 3.05) is 5.32 Å². The first-order valence-corrected chi connectivity index (χ1v) is 8.59. The van der Waals surface area contributed by atoms with E-state index in [1.54, 1.807) is 22.8 Å². The lowest BCUT2D eigenvalue weighted by Gasteiger charge is -2.06. The molecule has 0 saturated heterocycles. The summed E-state index contributed by atoms with van der Waals surface area (Å²) in [5, 5.41) is 16.5. The van der Waals surface area contributed by atoms with E-state index in [1.807, 2.05) is 31.2 Å². The summed E-state index contributed by atoms with van der Waals surface area (Å²) in [7, 11) is 0. The first-order chi connectivity index (χ1) is 12.2. The normalized spacial score (nSPS) is 10.9. The average Bonchev–Trinajstić information content (AvgIpc) is 3.23. The van der Waals surface area contributed by atoms with Gasteiger partial charge in [-0.2, -0.15) is 9.61 Å². The van der Waals surface area contributed by atoms with E-state index in [4.69, 9.17) is 0 Å². The number of nitrogens with one attached hydrogen (secondary N) is 1. The van der Waals surface area contributed by atoms with Gasteiger partial charge in [-0.25, -0.2) is 0 Å². The summed E-state index contributed by atoms with van der Waals surface area (Å²) in [5.41, 5.74) is 2.13.